The number of benzene rings is 1. The van der Waals surface area contributed by atoms with Gasteiger partial charge in [-0.15, -0.1) is 0 Å². The highest BCUT2D eigenvalue weighted by molar-refractivity contribution is 9.10. The van der Waals surface area contributed by atoms with Gasteiger partial charge in [0.2, 0.25) is 5.95 Å². The smallest absolute Gasteiger partial charge is 0.332 e. The highest BCUT2D eigenvalue weighted by atomic mass is 79.9. The van der Waals surface area contributed by atoms with Crippen LogP contribution >= 0.6 is 15.9 Å². The van der Waals surface area contributed by atoms with Crippen LogP contribution in [0.2, 0.25) is 0 Å². The molecule has 2 aromatic heterocycles. The lowest BCUT2D eigenvalue weighted by Gasteiger charge is -2.11. The van der Waals surface area contributed by atoms with Crippen molar-refractivity contribution in [1.82, 2.24) is 18.7 Å². The van der Waals surface area contributed by atoms with Crippen molar-refractivity contribution in [3.05, 3.63) is 55.1 Å². The molecule has 0 saturated carbocycles. The van der Waals surface area contributed by atoms with Crippen molar-refractivity contribution in [2.45, 2.75) is 19.9 Å². The van der Waals surface area contributed by atoms with E-state index < -0.39 is 0 Å². The van der Waals surface area contributed by atoms with Crippen LogP contribution in [0.5, 0.6) is 0 Å². The molecule has 2 heterocycles. The minimum atomic E-state index is -0.382. The van der Waals surface area contributed by atoms with Gasteiger partial charge in [-0.2, -0.15) is 4.98 Å². The molecule has 0 fully saturated rings. The van der Waals surface area contributed by atoms with E-state index in [4.69, 9.17) is 0 Å². The van der Waals surface area contributed by atoms with E-state index in [-0.39, 0.29) is 11.2 Å². The first kappa shape index (κ1) is 17.5. The van der Waals surface area contributed by atoms with E-state index in [0.717, 1.165) is 27.6 Å². The molecule has 0 aliphatic rings. The van der Waals surface area contributed by atoms with Crippen LogP contribution in [0.25, 0.3) is 11.2 Å². The number of rotatable bonds is 5. The molecule has 0 saturated heterocycles. The topological polar surface area (TPSA) is 73.8 Å². The summed E-state index contributed by atoms with van der Waals surface area (Å²) >= 11 is 3.43. The predicted molar refractivity (Wildman–Crippen MR) is 102 cm³/mol. The van der Waals surface area contributed by atoms with E-state index in [1.165, 1.54) is 11.6 Å². The molecule has 0 aliphatic carbocycles. The zero-order valence-electron chi connectivity index (χ0n) is 14.4. The molecule has 0 radical (unpaired) electrons. The first-order valence-electron chi connectivity index (χ1n) is 8.08. The van der Waals surface area contributed by atoms with Gasteiger partial charge in [0.25, 0.3) is 5.56 Å². The van der Waals surface area contributed by atoms with E-state index in [0.29, 0.717) is 23.7 Å². The van der Waals surface area contributed by atoms with Crippen molar-refractivity contribution in [3.63, 3.8) is 0 Å². The Morgan fingerprint density at radius 1 is 1.12 bits per heavy atom. The Bertz CT molecular complexity index is 1030. The third kappa shape index (κ3) is 3.13. The number of halogens is 1. The van der Waals surface area contributed by atoms with Crippen molar-refractivity contribution in [2.24, 2.45) is 14.1 Å². The Balaban J connectivity index is 2.24. The summed E-state index contributed by atoms with van der Waals surface area (Å²) in [7, 11) is 3.12. The maximum Gasteiger partial charge on any atom is 0.332 e. The molecule has 3 aromatic rings. The Kier molecular flexibility index (Phi) is 4.80. The number of anilines is 1. The standard InChI is InChI=1S/C17H20BrN5O2/c1-4-9-19-16-20-14-13(15(24)22(3)17(25)21(14)2)23(16)10-11-5-7-12(18)8-6-11/h5-8H,4,9-10H2,1-3H3,(H,19,20). The largest absolute Gasteiger partial charge is 0.356 e. The lowest BCUT2D eigenvalue weighted by atomic mass is 10.2. The van der Waals surface area contributed by atoms with Crippen molar-refractivity contribution >= 4 is 33.0 Å². The molecule has 0 spiro atoms. The molecular weight excluding hydrogens is 386 g/mol. The fourth-order valence-electron chi connectivity index (χ4n) is 2.74. The van der Waals surface area contributed by atoms with Gasteiger partial charge in [0.05, 0.1) is 6.54 Å². The molecule has 0 atom stereocenters. The monoisotopic (exact) mass is 405 g/mol. The number of hydrogen-bond donors (Lipinski definition) is 1. The fourth-order valence-corrected chi connectivity index (χ4v) is 3.01. The summed E-state index contributed by atoms with van der Waals surface area (Å²) < 4.78 is 5.36. The van der Waals surface area contributed by atoms with E-state index in [1.54, 1.807) is 7.05 Å². The number of nitrogens with one attached hydrogen (secondary N) is 1. The number of nitrogens with zero attached hydrogens (tertiary/aromatic N) is 4. The van der Waals surface area contributed by atoms with E-state index in [9.17, 15) is 9.59 Å². The summed E-state index contributed by atoms with van der Waals surface area (Å²) in [6.45, 7) is 3.28. The van der Waals surface area contributed by atoms with Crippen LogP contribution in [0.4, 0.5) is 5.95 Å². The van der Waals surface area contributed by atoms with E-state index in [2.05, 4.69) is 33.2 Å². The molecule has 25 heavy (non-hydrogen) atoms. The number of fused-ring (bicyclic) bond motifs is 1. The lowest BCUT2D eigenvalue weighted by Crippen LogP contribution is -2.37. The quantitative estimate of drug-likeness (QED) is 0.704. The van der Waals surface area contributed by atoms with Crippen LogP contribution < -0.4 is 16.6 Å². The van der Waals surface area contributed by atoms with Crippen LogP contribution in [-0.2, 0) is 20.6 Å². The maximum atomic E-state index is 12.7. The second kappa shape index (κ2) is 6.87. The van der Waals surface area contributed by atoms with Crippen molar-refractivity contribution in [3.8, 4) is 0 Å². The Hall–Kier alpha value is -2.35. The Morgan fingerprint density at radius 3 is 2.44 bits per heavy atom. The molecule has 3 rings (SSSR count). The van der Waals surface area contributed by atoms with Gasteiger partial charge in [-0.3, -0.25) is 18.5 Å². The summed E-state index contributed by atoms with van der Waals surface area (Å²) in [6.07, 6.45) is 0.929. The molecular formula is C17H20BrN5O2. The predicted octanol–water partition coefficient (Wildman–Crippen LogP) is 2.07. The number of aromatic nitrogens is 4. The molecule has 0 aliphatic heterocycles. The second-order valence-electron chi connectivity index (χ2n) is 5.95. The number of imidazole rings is 1. The minimum absolute atomic E-state index is 0.340. The molecule has 8 heteroatoms. The van der Waals surface area contributed by atoms with Crippen LogP contribution in [-0.4, -0.2) is 25.2 Å². The summed E-state index contributed by atoms with van der Waals surface area (Å²) in [5.41, 5.74) is 1.13. The lowest BCUT2D eigenvalue weighted by molar-refractivity contribution is 0.702. The van der Waals surface area contributed by atoms with E-state index in [1.807, 2.05) is 28.8 Å². The fraction of sp³-hybridized carbons (Fsp3) is 0.353. The summed E-state index contributed by atoms with van der Waals surface area (Å²) in [4.78, 5) is 29.4. The second-order valence-corrected chi connectivity index (χ2v) is 6.87. The highest BCUT2D eigenvalue weighted by Gasteiger charge is 2.19. The van der Waals surface area contributed by atoms with Gasteiger partial charge in [-0.05, 0) is 24.1 Å². The minimum Gasteiger partial charge on any atom is -0.356 e. The first-order chi connectivity index (χ1) is 11.9. The summed E-state index contributed by atoms with van der Waals surface area (Å²) in [5, 5.41) is 3.26. The van der Waals surface area contributed by atoms with Crippen molar-refractivity contribution in [2.75, 3.05) is 11.9 Å². The van der Waals surface area contributed by atoms with E-state index >= 15 is 0 Å². The molecule has 0 bridgehead atoms. The normalized spacial score (nSPS) is 11.2. The van der Waals surface area contributed by atoms with Crippen molar-refractivity contribution < 1.29 is 0 Å². The van der Waals surface area contributed by atoms with Crippen LogP contribution in [0.15, 0.2) is 38.3 Å². The maximum absolute atomic E-state index is 12.7. The zero-order chi connectivity index (χ0) is 18.1. The summed E-state index contributed by atoms with van der Waals surface area (Å²) in [5.74, 6) is 0.595. The average molecular weight is 406 g/mol. The SMILES string of the molecule is CCCNc1nc2c(c(=O)n(C)c(=O)n2C)n1Cc1ccc(Br)cc1. The molecule has 1 aromatic carbocycles. The molecule has 132 valence electrons. The molecule has 0 unspecified atom stereocenters. The highest BCUT2D eigenvalue weighted by Crippen LogP contribution is 2.19. The molecule has 0 amide bonds. The van der Waals surface area contributed by atoms with Crippen molar-refractivity contribution in [1.29, 1.82) is 0 Å². The van der Waals surface area contributed by atoms with Gasteiger partial charge in [0.1, 0.15) is 0 Å². The Morgan fingerprint density at radius 2 is 1.80 bits per heavy atom. The van der Waals surface area contributed by atoms with Gasteiger partial charge in [0.15, 0.2) is 11.2 Å². The van der Waals surface area contributed by atoms with Gasteiger partial charge in [-0.1, -0.05) is 35.0 Å². The van der Waals surface area contributed by atoms with Crippen LogP contribution in [0.3, 0.4) is 0 Å². The van der Waals surface area contributed by atoms with Gasteiger partial charge < -0.3 is 5.32 Å². The Labute approximate surface area is 153 Å². The summed E-state index contributed by atoms with van der Waals surface area (Å²) in [6, 6.07) is 7.90. The first-order valence-corrected chi connectivity index (χ1v) is 8.88. The van der Waals surface area contributed by atoms with Gasteiger partial charge >= 0.3 is 5.69 Å². The molecule has 1 N–H and O–H groups in total. The molecule has 7 nitrogen and oxygen atoms in total. The van der Waals surface area contributed by atoms with Gasteiger partial charge in [-0.25, -0.2) is 4.79 Å². The van der Waals surface area contributed by atoms with Gasteiger partial charge in [0, 0.05) is 25.1 Å². The van der Waals surface area contributed by atoms with Crippen LogP contribution in [0, 0.1) is 0 Å². The number of aryl methyl sites for hydroxylation is 1. The third-order valence-electron chi connectivity index (χ3n) is 4.14. The number of hydrogen-bond acceptors (Lipinski definition) is 4. The zero-order valence-corrected chi connectivity index (χ0v) is 16.0. The van der Waals surface area contributed by atoms with Crippen LogP contribution in [0.1, 0.15) is 18.9 Å². The average Bonchev–Trinajstić information content (AvgIpc) is 2.96. The third-order valence-corrected chi connectivity index (χ3v) is 4.66.